The molecule has 2 nitrogen and oxygen atoms in total. The molecule has 0 aliphatic heterocycles. The fraction of sp³-hybridized carbons (Fsp3) is 0.909. The van der Waals surface area contributed by atoms with E-state index in [0.717, 1.165) is 12.3 Å². The number of thiocarbonyl (C=S) groups is 1. The molecule has 0 aromatic heterocycles. The van der Waals surface area contributed by atoms with Gasteiger partial charge in [-0.25, -0.2) is 0 Å². The van der Waals surface area contributed by atoms with Gasteiger partial charge in [-0.1, -0.05) is 33.0 Å². The molecular weight excluding hydrogens is 192 g/mol. The lowest BCUT2D eigenvalue weighted by Gasteiger charge is -2.32. The van der Waals surface area contributed by atoms with E-state index in [4.69, 9.17) is 18.0 Å². The zero-order valence-electron chi connectivity index (χ0n) is 10.1. The monoisotopic (exact) mass is 216 g/mol. The number of nitrogens with two attached hydrogens (primary N) is 1. The quantitative estimate of drug-likeness (QED) is 0.691. The molecule has 0 spiro atoms. The minimum atomic E-state index is 0.249. The molecule has 0 rings (SSSR count). The minimum Gasteiger partial charge on any atom is -0.392 e. The Kier molecular flexibility index (Phi) is 6.29. The van der Waals surface area contributed by atoms with Crippen LogP contribution in [-0.4, -0.2) is 29.0 Å². The molecule has 14 heavy (non-hydrogen) atoms. The molecule has 0 saturated heterocycles. The summed E-state index contributed by atoms with van der Waals surface area (Å²) in [6.45, 7) is 8.85. The first kappa shape index (κ1) is 13.8. The zero-order chi connectivity index (χ0) is 11.3. The average molecular weight is 216 g/mol. The van der Waals surface area contributed by atoms with Crippen molar-refractivity contribution in [1.82, 2.24) is 4.90 Å². The van der Waals surface area contributed by atoms with Gasteiger partial charge in [-0.2, -0.15) is 0 Å². The largest absolute Gasteiger partial charge is 0.392 e. The maximum absolute atomic E-state index is 5.71. The summed E-state index contributed by atoms with van der Waals surface area (Å²) in [5.41, 5.74) is 5.71. The number of likely N-dealkylation sites (N-methyl/N-ethyl adjacent to an activating group) is 1. The molecule has 3 heteroatoms. The molecule has 0 amide bonds. The van der Waals surface area contributed by atoms with Crippen LogP contribution >= 0.6 is 12.2 Å². The third-order valence-electron chi connectivity index (χ3n) is 2.71. The van der Waals surface area contributed by atoms with Crippen LogP contribution in [0.4, 0.5) is 0 Å². The molecule has 0 bridgehead atoms. The Morgan fingerprint density at radius 3 is 2.14 bits per heavy atom. The minimum absolute atomic E-state index is 0.249. The van der Waals surface area contributed by atoms with Crippen molar-refractivity contribution in [3.63, 3.8) is 0 Å². The molecule has 0 aromatic carbocycles. The van der Waals surface area contributed by atoms with Crippen molar-refractivity contribution in [1.29, 1.82) is 0 Å². The SMILES string of the molecule is CCC(C(N)=S)N(C)C(C)CC(C)C. The molecular formula is C11H24N2S. The highest BCUT2D eigenvalue weighted by atomic mass is 32.1. The van der Waals surface area contributed by atoms with Gasteiger partial charge in [0.1, 0.15) is 0 Å². The Morgan fingerprint density at radius 2 is 1.86 bits per heavy atom. The van der Waals surface area contributed by atoms with Crippen molar-refractivity contribution >= 4 is 17.2 Å². The molecule has 0 heterocycles. The van der Waals surface area contributed by atoms with Crippen LogP contribution in [0.3, 0.4) is 0 Å². The van der Waals surface area contributed by atoms with Gasteiger partial charge >= 0.3 is 0 Å². The molecule has 2 N–H and O–H groups in total. The smallest absolute Gasteiger partial charge is 0.0901 e. The fourth-order valence-corrected chi connectivity index (χ4v) is 2.18. The first-order chi connectivity index (χ1) is 6.40. The normalized spacial score (nSPS) is 15.9. The predicted molar refractivity (Wildman–Crippen MR) is 67.5 cm³/mol. The summed E-state index contributed by atoms with van der Waals surface area (Å²) in [7, 11) is 2.11. The summed E-state index contributed by atoms with van der Waals surface area (Å²) in [4.78, 5) is 2.91. The second kappa shape index (κ2) is 6.36. The van der Waals surface area contributed by atoms with Crippen molar-refractivity contribution in [3.05, 3.63) is 0 Å². The summed E-state index contributed by atoms with van der Waals surface area (Å²) in [5, 5.41) is 0. The van der Waals surface area contributed by atoms with Crippen molar-refractivity contribution < 1.29 is 0 Å². The number of hydrogen-bond donors (Lipinski definition) is 1. The van der Waals surface area contributed by atoms with Crippen LogP contribution in [0, 0.1) is 5.92 Å². The number of hydrogen-bond acceptors (Lipinski definition) is 2. The van der Waals surface area contributed by atoms with E-state index in [1.54, 1.807) is 0 Å². The zero-order valence-corrected chi connectivity index (χ0v) is 10.9. The summed E-state index contributed by atoms with van der Waals surface area (Å²) in [6, 6.07) is 0.792. The van der Waals surface area contributed by atoms with Crippen LogP contribution in [0.25, 0.3) is 0 Å². The van der Waals surface area contributed by atoms with E-state index < -0.39 is 0 Å². The number of nitrogens with zero attached hydrogens (tertiary/aromatic N) is 1. The van der Waals surface area contributed by atoms with Gasteiger partial charge in [-0.05, 0) is 32.7 Å². The lowest BCUT2D eigenvalue weighted by atomic mass is 10.0. The Bertz CT molecular complexity index is 180. The highest BCUT2D eigenvalue weighted by Gasteiger charge is 2.20. The summed E-state index contributed by atoms with van der Waals surface area (Å²) >= 11 is 5.06. The van der Waals surface area contributed by atoms with E-state index in [1.807, 2.05) is 0 Å². The Labute approximate surface area is 93.8 Å². The lowest BCUT2D eigenvalue weighted by Crippen LogP contribution is -2.45. The fourth-order valence-electron chi connectivity index (χ4n) is 1.85. The highest BCUT2D eigenvalue weighted by molar-refractivity contribution is 7.80. The standard InChI is InChI=1S/C11H24N2S/c1-6-10(11(12)14)13(5)9(4)7-8(2)3/h8-10H,6-7H2,1-5H3,(H2,12,14). The van der Waals surface area contributed by atoms with Gasteiger partial charge < -0.3 is 5.73 Å². The molecule has 0 aliphatic rings. The second-order valence-corrected chi connectivity index (χ2v) is 4.94. The average Bonchev–Trinajstić information content (AvgIpc) is 2.03. The van der Waals surface area contributed by atoms with Crippen LogP contribution in [0.2, 0.25) is 0 Å². The topological polar surface area (TPSA) is 29.3 Å². The Hall–Kier alpha value is -0.150. The molecule has 2 atom stereocenters. The first-order valence-electron chi connectivity index (χ1n) is 5.41. The third-order valence-corrected chi connectivity index (χ3v) is 2.99. The summed E-state index contributed by atoms with van der Waals surface area (Å²) in [5.74, 6) is 0.719. The molecule has 0 aliphatic carbocycles. The van der Waals surface area contributed by atoms with Crippen molar-refractivity contribution in [2.45, 2.75) is 52.6 Å². The lowest BCUT2D eigenvalue weighted by molar-refractivity contribution is 0.199. The third kappa shape index (κ3) is 4.38. The van der Waals surface area contributed by atoms with Gasteiger partial charge in [0.2, 0.25) is 0 Å². The van der Waals surface area contributed by atoms with E-state index in [-0.39, 0.29) is 6.04 Å². The Balaban J connectivity index is 4.26. The molecule has 2 unspecified atom stereocenters. The van der Waals surface area contributed by atoms with Crippen LogP contribution in [-0.2, 0) is 0 Å². The van der Waals surface area contributed by atoms with Crippen molar-refractivity contribution in [2.24, 2.45) is 11.7 Å². The predicted octanol–water partition coefficient (Wildman–Crippen LogP) is 2.42. The van der Waals surface area contributed by atoms with E-state index in [0.29, 0.717) is 11.0 Å². The van der Waals surface area contributed by atoms with Gasteiger partial charge in [0.05, 0.1) is 11.0 Å². The van der Waals surface area contributed by atoms with Gasteiger partial charge in [0, 0.05) is 6.04 Å². The van der Waals surface area contributed by atoms with Gasteiger partial charge in [-0.3, -0.25) is 4.90 Å². The van der Waals surface area contributed by atoms with Crippen LogP contribution < -0.4 is 5.73 Å². The molecule has 84 valence electrons. The molecule has 0 radical (unpaired) electrons. The number of rotatable bonds is 6. The van der Waals surface area contributed by atoms with Crippen molar-refractivity contribution in [3.8, 4) is 0 Å². The second-order valence-electron chi connectivity index (χ2n) is 4.47. The first-order valence-corrected chi connectivity index (χ1v) is 5.82. The van der Waals surface area contributed by atoms with E-state index in [1.165, 1.54) is 6.42 Å². The van der Waals surface area contributed by atoms with Crippen LogP contribution in [0.15, 0.2) is 0 Å². The van der Waals surface area contributed by atoms with Crippen molar-refractivity contribution in [2.75, 3.05) is 7.05 Å². The molecule has 0 saturated carbocycles. The van der Waals surface area contributed by atoms with E-state index in [2.05, 4.69) is 39.6 Å². The highest BCUT2D eigenvalue weighted by Crippen LogP contribution is 2.14. The Morgan fingerprint density at radius 1 is 1.36 bits per heavy atom. The van der Waals surface area contributed by atoms with Gasteiger partial charge in [0.25, 0.3) is 0 Å². The van der Waals surface area contributed by atoms with E-state index in [9.17, 15) is 0 Å². The molecule has 0 fully saturated rings. The van der Waals surface area contributed by atoms with Crippen LogP contribution in [0.5, 0.6) is 0 Å². The van der Waals surface area contributed by atoms with Crippen LogP contribution in [0.1, 0.15) is 40.5 Å². The summed E-state index contributed by atoms with van der Waals surface area (Å²) in [6.07, 6.45) is 2.18. The summed E-state index contributed by atoms with van der Waals surface area (Å²) < 4.78 is 0. The maximum atomic E-state index is 5.71. The maximum Gasteiger partial charge on any atom is 0.0901 e. The molecule has 0 aromatic rings. The van der Waals surface area contributed by atoms with E-state index >= 15 is 0 Å². The van der Waals surface area contributed by atoms with Gasteiger partial charge in [0.15, 0.2) is 0 Å². The van der Waals surface area contributed by atoms with Gasteiger partial charge in [-0.15, -0.1) is 0 Å².